The van der Waals surface area contributed by atoms with E-state index in [1.54, 1.807) is 7.05 Å². The van der Waals surface area contributed by atoms with Gasteiger partial charge in [0.05, 0.1) is 18.2 Å². The summed E-state index contributed by atoms with van der Waals surface area (Å²) in [5.41, 5.74) is -0.434. The summed E-state index contributed by atoms with van der Waals surface area (Å²) in [6, 6.07) is 1.62. The van der Waals surface area contributed by atoms with E-state index >= 15 is 0 Å². The lowest BCUT2D eigenvalue weighted by molar-refractivity contribution is -0.116. The largest absolute Gasteiger partial charge is 0.323 e. The molecule has 0 radical (unpaired) electrons. The lowest BCUT2D eigenvalue weighted by Crippen LogP contribution is -2.23. The predicted molar refractivity (Wildman–Crippen MR) is 82.3 cm³/mol. The van der Waals surface area contributed by atoms with Crippen LogP contribution >= 0.6 is 0 Å². The third-order valence-electron chi connectivity index (χ3n) is 3.61. The molecule has 130 valence electrons. The minimum absolute atomic E-state index is 0.0200. The number of aromatic nitrogens is 4. The highest BCUT2D eigenvalue weighted by Crippen LogP contribution is 2.19. The van der Waals surface area contributed by atoms with E-state index in [4.69, 9.17) is 0 Å². The second-order valence-corrected chi connectivity index (χ2v) is 5.27. The summed E-state index contributed by atoms with van der Waals surface area (Å²) < 4.78 is 42.2. The molecule has 0 aliphatic heterocycles. The zero-order valence-electron chi connectivity index (χ0n) is 13.0. The van der Waals surface area contributed by atoms with Crippen LogP contribution < -0.4 is 10.9 Å². The number of fused-ring (bicyclic) bond motifs is 1. The molecule has 3 rings (SSSR count). The van der Waals surface area contributed by atoms with Crippen molar-refractivity contribution in [2.45, 2.75) is 13.0 Å². The van der Waals surface area contributed by atoms with Crippen LogP contribution in [0.25, 0.3) is 11.0 Å². The van der Waals surface area contributed by atoms with Crippen LogP contribution in [0.2, 0.25) is 0 Å². The van der Waals surface area contributed by atoms with Crippen molar-refractivity contribution in [1.82, 2.24) is 19.3 Å². The number of halogens is 3. The monoisotopic (exact) mass is 351 g/mol. The summed E-state index contributed by atoms with van der Waals surface area (Å²) >= 11 is 0. The Morgan fingerprint density at radius 3 is 2.76 bits per heavy atom. The molecule has 2 aromatic heterocycles. The van der Waals surface area contributed by atoms with Crippen LogP contribution in [0.5, 0.6) is 0 Å². The maximum atomic E-state index is 13.5. The van der Waals surface area contributed by atoms with Crippen LogP contribution in [-0.4, -0.2) is 25.2 Å². The first-order valence-electron chi connectivity index (χ1n) is 7.19. The molecular formula is C15H12F3N5O2. The van der Waals surface area contributed by atoms with E-state index < -0.39 is 29.0 Å². The van der Waals surface area contributed by atoms with Gasteiger partial charge in [0.1, 0.15) is 5.39 Å². The number of hydrogen-bond acceptors (Lipinski definition) is 4. The topological polar surface area (TPSA) is 81.8 Å². The van der Waals surface area contributed by atoms with E-state index in [-0.39, 0.29) is 18.5 Å². The van der Waals surface area contributed by atoms with E-state index in [1.807, 2.05) is 0 Å². The molecule has 0 aliphatic carbocycles. The Hall–Kier alpha value is -3.17. The first kappa shape index (κ1) is 16.7. The Labute approximate surface area is 138 Å². The summed E-state index contributed by atoms with van der Waals surface area (Å²) in [7, 11) is 1.64. The van der Waals surface area contributed by atoms with Crippen LogP contribution in [0, 0.1) is 17.5 Å². The van der Waals surface area contributed by atoms with E-state index in [0.29, 0.717) is 17.1 Å². The van der Waals surface area contributed by atoms with Crippen LogP contribution in [0.4, 0.5) is 18.9 Å². The molecule has 0 unspecified atom stereocenters. The average molecular weight is 351 g/mol. The molecular weight excluding hydrogens is 339 g/mol. The minimum atomic E-state index is -1.67. The smallest absolute Gasteiger partial charge is 0.264 e. The highest BCUT2D eigenvalue weighted by Gasteiger charge is 2.15. The van der Waals surface area contributed by atoms with Crippen LogP contribution in [0.15, 0.2) is 29.5 Å². The molecule has 0 spiro atoms. The molecule has 10 heteroatoms. The number of nitrogens with zero attached hydrogens (tertiary/aromatic N) is 4. The standard InChI is InChI=1S/C15H12F3N5O2/c1-22-14-8(6-20-22)15(25)23(7-19-14)5-4-11(24)21-10-3-2-9(16)12(17)13(10)18/h2-3,6-7H,4-5H2,1H3,(H,21,24). The van der Waals surface area contributed by atoms with Crippen molar-refractivity contribution in [3.8, 4) is 0 Å². The zero-order chi connectivity index (χ0) is 18.1. The van der Waals surface area contributed by atoms with Gasteiger partial charge in [-0.05, 0) is 12.1 Å². The number of rotatable bonds is 4. The SMILES string of the molecule is Cn1ncc2c(=O)n(CCC(=O)Nc3ccc(F)c(F)c3F)cnc21. The molecule has 1 aromatic carbocycles. The highest BCUT2D eigenvalue weighted by molar-refractivity contribution is 5.90. The lowest BCUT2D eigenvalue weighted by Gasteiger charge is -2.08. The molecule has 0 saturated heterocycles. The molecule has 25 heavy (non-hydrogen) atoms. The second-order valence-electron chi connectivity index (χ2n) is 5.27. The van der Waals surface area contributed by atoms with Crippen molar-refractivity contribution in [2.75, 3.05) is 5.32 Å². The van der Waals surface area contributed by atoms with Gasteiger partial charge in [-0.25, -0.2) is 18.2 Å². The Kier molecular flexibility index (Phi) is 4.26. The summed E-state index contributed by atoms with van der Waals surface area (Å²) in [5, 5.41) is 6.37. The maximum absolute atomic E-state index is 13.5. The van der Waals surface area contributed by atoms with Crippen molar-refractivity contribution in [1.29, 1.82) is 0 Å². The number of amides is 1. The molecule has 0 aliphatic rings. The molecule has 3 aromatic rings. The number of carbonyl (C=O) groups excluding carboxylic acids is 1. The molecule has 1 N–H and O–H groups in total. The van der Waals surface area contributed by atoms with Gasteiger partial charge in [0, 0.05) is 20.0 Å². The van der Waals surface area contributed by atoms with Crippen molar-refractivity contribution >= 4 is 22.6 Å². The van der Waals surface area contributed by atoms with Gasteiger partial charge in [0.15, 0.2) is 23.1 Å². The minimum Gasteiger partial charge on any atom is -0.323 e. The summed E-state index contributed by atoms with van der Waals surface area (Å²) in [6.45, 7) is -0.0200. The third kappa shape index (κ3) is 3.10. The Morgan fingerprint density at radius 2 is 2.00 bits per heavy atom. The maximum Gasteiger partial charge on any atom is 0.264 e. The van der Waals surface area contributed by atoms with E-state index in [1.165, 1.54) is 21.8 Å². The van der Waals surface area contributed by atoms with Crippen LogP contribution in [-0.2, 0) is 18.4 Å². The number of aryl methyl sites for hydroxylation is 2. The van der Waals surface area contributed by atoms with Crippen molar-refractivity contribution in [3.63, 3.8) is 0 Å². The first-order chi connectivity index (χ1) is 11.9. The molecule has 0 bridgehead atoms. The normalized spacial score (nSPS) is 11.0. The lowest BCUT2D eigenvalue weighted by atomic mass is 10.2. The van der Waals surface area contributed by atoms with Crippen molar-refractivity contribution in [2.24, 2.45) is 7.05 Å². The quantitative estimate of drug-likeness (QED) is 0.724. The fourth-order valence-electron chi connectivity index (χ4n) is 2.28. The van der Waals surface area contributed by atoms with Gasteiger partial charge in [-0.2, -0.15) is 5.10 Å². The number of nitrogens with one attached hydrogen (secondary N) is 1. The molecule has 1 amide bonds. The van der Waals surface area contributed by atoms with Gasteiger partial charge in [-0.3, -0.25) is 18.8 Å². The number of carbonyl (C=O) groups is 1. The second kappa shape index (κ2) is 6.38. The Morgan fingerprint density at radius 1 is 1.24 bits per heavy atom. The van der Waals surface area contributed by atoms with E-state index in [2.05, 4.69) is 15.4 Å². The molecule has 0 atom stereocenters. The van der Waals surface area contributed by atoms with E-state index in [9.17, 15) is 22.8 Å². The summed E-state index contributed by atoms with van der Waals surface area (Å²) in [4.78, 5) is 28.2. The summed E-state index contributed by atoms with van der Waals surface area (Å²) in [5.74, 6) is -5.16. The Balaban J connectivity index is 1.72. The van der Waals surface area contributed by atoms with Gasteiger partial charge < -0.3 is 5.32 Å². The molecule has 0 saturated carbocycles. The fraction of sp³-hybridized carbons (Fsp3) is 0.200. The van der Waals surface area contributed by atoms with Gasteiger partial charge in [0.25, 0.3) is 5.56 Å². The fourth-order valence-corrected chi connectivity index (χ4v) is 2.28. The number of benzene rings is 1. The van der Waals surface area contributed by atoms with Gasteiger partial charge in [0.2, 0.25) is 5.91 Å². The van der Waals surface area contributed by atoms with E-state index in [0.717, 1.165) is 6.07 Å². The average Bonchev–Trinajstić information content (AvgIpc) is 2.97. The van der Waals surface area contributed by atoms with Crippen molar-refractivity contribution in [3.05, 3.63) is 52.5 Å². The number of hydrogen-bond donors (Lipinski definition) is 1. The van der Waals surface area contributed by atoms with Gasteiger partial charge >= 0.3 is 0 Å². The van der Waals surface area contributed by atoms with Crippen molar-refractivity contribution < 1.29 is 18.0 Å². The molecule has 7 nitrogen and oxygen atoms in total. The first-order valence-corrected chi connectivity index (χ1v) is 7.19. The molecule has 2 heterocycles. The van der Waals surface area contributed by atoms with Crippen LogP contribution in [0.3, 0.4) is 0 Å². The summed E-state index contributed by atoms with van der Waals surface area (Å²) in [6.07, 6.45) is 2.46. The third-order valence-corrected chi connectivity index (χ3v) is 3.61. The highest BCUT2D eigenvalue weighted by atomic mass is 19.2. The van der Waals surface area contributed by atoms with Gasteiger partial charge in [-0.15, -0.1) is 0 Å². The number of anilines is 1. The van der Waals surface area contributed by atoms with Crippen LogP contribution in [0.1, 0.15) is 6.42 Å². The molecule has 0 fully saturated rings. The zero-order valence-corrected chi connectivity index (χ0v) is 13.0. The predicted octanol–water partition coefficient (Wildman–Crippen LogP) is 1.58. The van der Waals surface area contributed by atoms with Gasteiger partial charge in [-0.1, -0.05) is 0 Å². The Bertz CT molecular complexity index is 1030.